The summed E-state index contributed by atoms with van der Waals surface area (Å²) in [7, 11) is 0. The lowest BCUT2D eigenvalue weighted by atomic mass is 10.2. The van der Waals surface area contributed by atoms with Crippen molar-refractivity contribution in [3.63, 3.8) is 0 Å². The Kier molecular flexibility index (Phi) is 3.62. The lowest BCUT2D eigenvalue weighted by molar-refractivity contribution is -0.0509. The van der Waals surface area contributed by atoms with E-state index in [1.54, 1.807) is 18.2 Å². The van der Waals surface area contributed by atoms with Crippen molar-refractivity contribution < 1.29 is 13.5 Å². The van der Waals surface area contributed by atoms with E-state index in [0.717, 1.165) is 0 Å². The van der Waals surface area contributed by atoms with Gasteiger partial charge in [0, 0.05) is 12.1 Å². The van der Waals surface area contributed by atoms with E-state index in [0.29, 0.717) is 10.0 Å². The van der Waals surface area contributed by atoms with Gasteiger partial charge in [-0.25, -0.2) is 0 Å². The monoisotopic (exact) mass is 251 g/mol. The fourth-order valence-electron chi connectivity index (χ4n) is 0.935. The third-order valence-corrected chi connectivity index (χ3v) is 2.10. The Bertz CT molecular complexity index is 293. The summed E-state index contributed by atoms with van der Waals surface area (Å²) in [6, 6.07) is 4.98. The van der Waals surface area contributed by atoms with Crippen LogP contribution in [0.5, 0.6) is 5.75 Å². The third kappa shape index (κ3) is 2.63. The van der Waals surface area contributed by atoms with Crippen LogP contribution in [0.4, 0.5) is 8.78 Å². The predicted molar refractivity (Wildman–Crippen MR) is 48.7 cm³/mol. The zero-order valence-corrected chi connectivity index (χ0v) is 8.22. The number of nitrogens with two attached hydrogens (primary N) is 1. The highest BCUT2D eigenvalue weighted by molar-refractivity contribution is 9.10. The highest BCUT2D eigenvalue weighted by Crippen LogP contribution is 2.29. The molecule has 0 atom stereocenters. The van der Waals surface area contributed by atoms with Crippen molar-refractivity contribution in [2.75, 3.05) is 0 Å². The Labute approximate surface area is 82.8 Å². The van der Waals surface area contributed by atoms with Crippen molar-refractivity contribution >= 4 is 15.9 Å². The van der Waals surface area contributed by atoms with E-state index in [-0.39, 0.29) is 12.3 Å². The van der Waals surface area contributed by atoms with Crippen LogP contribution in [0.15, 0.2) is 22.7 Å². The number of rotatable bonds is 3. The number of para-hydroxylation sites is 1. The van der Waals surface area contributed by atoms with Gasteiger partial charge in [0.2, 0.25) is 0 Å². The molecule has 0 aliphatic carbocycles. The normalized spacial score (nSPS) is 10.5. The summed E-state index contributed by atoms with van der Waals surface area (Å²) in [4.78, 5) is 0. The first kappa shape index (κ1) is 10.4. The Hall–Kier alpha value is -0.680. The summed E-state index contributed by atoms with van der Waals surface area (Å²) in [5.41, 5.74) is 5.90. The molecule has 1 aromatic carbocycles. The van der Waals surface area contributed by atoms with Crippen LogP contribution in [0.2, 0.25) is 0 Å². The van der Waals surface area contributed by atoms with Gasteiger partial charge in [-0.2, -0.15) is 8.78 Å². The van der Waals surface area contributed by atoms with Crippen molar-refractivity contribution in [2.45, 2.75) is 13.2 Å². The topological polar surface area (TPSA) is 35.2 Å². The summed E-state index contributed by atoms with van der Waals surface area (Å²) < 4.78 is 28.7. The number of hydrogen-bond donors (Lipinski definition) is 1. The summed E-state index contributed by atoms with van der Waals surface area (Å²) in [6.07, 6.45) is 0. The number of hydrogen-bond acceptors (Lipinski definition) is 2. The first-order chi connectivity index (χ1) is 6.15. The third-order valence-electron chi connectivity index (χ3n) is 1.48. The lowest BCUT2D eigenvalue weighted by Crippen LogP contribution is -2.07. The summed E-state index contributed by atoms with van der Waals surface area (Å²) in [5, 5.41) is 0. The van der Waals surface area contributed by atoms with E-state index in [1.807, 2.05) is 0 Å². The first-order valence-electron chi connectivity index (χ1n) is 3.57. The number of alkyl halides is 2. The fourth-order valence-corrected chi connectivity index (χ4v) is 1.44. The smallest absolute Gasteiger partial charge is 0.387 e. The molecule has 0 aliphatic rings. The molecule has 0 spiro atoms. The van der Waals surface area contributed by atoms with Gasteiger partial charge in [0.1, 0.15) is 5.75 Å². The van der Waals surface area contributed by atoms with E-state index in [9.17, 15) is 8.78 Å². The zero-order chi connectivity index (χ0) is 9.84. The molecule has 0 heterocycles. The van der Waals surface area contributed by atoms with E-state index in [2.05, 4.69) is 20.7 Å². The zero-order valence-electron chi connectivity index (χ0n) is 6.64. The minimum atomic E-state index is -2.83. The first-order valence-corrected chi connectivity index (χ1v) is 4.36. The van der Waals surface area contributed by atoms with Crippen molar-refractivity contribution in [2.24, 2.45) is 5.73 Å². The molecule has 0 aromatic heterocycles. The Morgan fingerprint density at radius 3 is 2.69 bits per heavy atom. The van der Waals surface area contributed by atoms with Crippen molar-refractivity contribution in [1.82, 2.24) is 0 Å². The summed E-state index contributed by atoms with van der Waals surface area (Å²) in [6.45, 7) is -2.66. The standard InChI is InChI=1S/C8H8BrF2NO/c9-6-3-1-2-5(4-12)7(6)13-8(10)11/h1-3,8H,4,12H2. The second-order valence-corrected chi connectivity index (χ2v) is 3.17. The largest absolute Gasteiger partial charge is 0.433 e. The van der Waals surface area contributed by atoms with Gasteiger partial charge in [-0.15, -0.1) is 0 Å². The molecule has 0 fully saturated rings. The van der Waals surface area contributed by atoms with Gasteiger partial charge < -0.3 is 10.5 Å². The van der Waals surface area contributed by atoms with Crippen LogP contribution < -0.4 is 10.5 Å². The molecule has 2 N–H and O–H groups in total. The SMILES string of the molecule is NCc1cccc(Br)c1OC(F)F. The molecule has 0 aliphatic heterocycles. The maximum atomic E-state index is 11.9. The maximum Gasteiger partial charge on any atom is 0.387 e. The van der Waals surface area contributed by atoms with Gasteiger partial charge in [-0.05, 0) is 22.0 Å². The van der Waals surface area contributed by atoms with Gasteiger partial charge >= 0.3 is 6.61 Å². The van der Waals surface area contributed by atoms with Gasteiger partial charge in [0.25, 0.3) is 0 Å². The quantitative estimate of drug-likeness (QED) is 0.896. The van der Waals surface area contributed by atoms with Crippen LogP contribution in [-0.4, -0.2) is 6.61 Å². The van der Waals surface area contributed by atoms with Gasteiger partial charge in [0.15, 0.2) is 0 Å². The molecular formula is C8H8BrF2NO. The molecule has 5 heteroatoms. The molecule has 0 saturated heterocycles. The molecule has 0 bridgehead atoms. The second kappa shape index (κ2) is 4.53. The van der Waals surface area contributed by atoms with Gasteiger partial charge in [0.05, 0.1) is 4.47 Å². The summed E-state index contributed by atoms with van der Waals surface area (Å²) in [5.74, 6) is 0.111. The summed E-state index contributed by atoms with van der Waals surface area (Å²) >= 11 is 3.10. The highest BCUT2D eigenvalue weighted by Gasteiger charge is 2.11. The van der Waals surface area contributed by atoms with Crippen LogP contribution in [0.3, 0.4) is 0 Å². The average molecular weight is 252 g/mol. The molecule has 0 saturated carbocycles. The van der Waals surface area contributed by atoms with Gasteiger partial charge in [-0.1, -0.05) is 12.1 Å². The molecule has 0 radical (unpaired) electrons. The van der Waals surface area contributed by atoms with Crippen LogP contribution >= 0.6 is 15.9 Å². The maximum absolute atomic E-state index is 11.9. The minimum absolute atomic E-state index is 0.111. The molecule has 72 valence electrons. The van der Waals surface area contributed by atoms with E-state index in [1.165, 1.54) is 0 Å². The molecule has 0 unspecified atom stereocenters. The van der Waals surface area contributed by atoms with Crippen molar-refractivity contribution in [1.29, 1.82) is 0 Å². The van der Waals surface area contributed by atoms with Crippen LogP contribution in [0.25, 0.3) is 0 Å². The van der Waals surface area contributed by atoms with Gasteiger partial charge in [-0.3, -0.25) is 0 Å². The van der Waals surface area contributed by atoms with Crippen molar-refractivity contribution in [3.05, 3.63) is 28.2 Å². The molecular weight excluding hydrogens is 244 g/mol. The van der Waals surface area contributed by atoms with Crippen LogP contribution in [0, 0.1) is 0 Å². The van der Waals surface area contributed by atoms with Crippen LogP contribution in [0.1, 0.15) is 5.56 Å². The van der Waals surface area contributed by atoms with E-state index >= 15 is 0 Å². The Morgan fingerprint density at radius 2 is 2.15 bits per heavy atom. The highest BCUT2D eigenvalue weighted by atomic mass is 79.9. The number of halogens is 3. The Morgan fingerprint density at radius 1 is 1.46 bits per heavy atom. The lowest BCUT2D eigenvalue weighted by Gasteiger charge is -2.10. The molecule has 2 nitrogen and oxygen atoms in total. The molecule has 1 aromatic rings. The molecule has 0 amide bonds. The second-order valence-electron chi connectivity index (χ2n) is 2.31. The molecule has 1 rings (SSSR count). The fraction of sp³-hybridized carbons (Fsp3) is 0.250. The number of ether oxygens (including phenoxy) is 1. The minimum Gasteiger partial charge on any atom is -0.433 e. The van der Waals surface area contributed by atoms with Crippen LogP contribution in [-0.2, 0) is 6.54 Å². The van der Waals surface area contributed by atoms with E-state index < -0.39 is 6.61 Å². The predicted octanol–water partition coefficient (Wildman–Crippen LogP) is 2.51. The van der Waals surface area contributed by atoms with Crippen molar-refractivity contribution in [3.8, 4) is 5.75 Å². The Balaban J connectivity index is 3.00. The average Bonchev–Trinajstić information content (AvgIpc) is 2.08. The number of benzene rings is 1. The van der Waals surface area contributed by atoms with E-state index in [4.69, 9.17) is 5.73 Å². The molecule has 13 heavy (non-hydrogen) atoms.